The van der Waals surface area contributed by atoms with Gasteiger partial charge in [0, 0.05) is 18.2 Å². The monoisotopic (exact) mass is 274 g/mol. The summed E-state index contributed by atoms with van der Waals surface area (Å²) in [6, 6.07) is 8.01. The maximum Gasteiger partial charge on any atom is 0.269 e. The van der Waals surface area contributed by atoms with Crippen LogP contribution in [0.4, 0.5) is 11.5 Å². The van der Waals surface area contributed by atoms with Crippen LogP contribution in [-0.2, 0) is 6.42 Å². The van der Waals surface area contributed by atoms with Crippen molar-refractivity contribution in [2.75, 3.05) is 5.73 Å². The number of aromatic nitrogens is 2. The highest BCUT2D eigenvalue weighted by Crippen LogP contribution is 2.23. The number of nitrogens with two attached hydrogens (primary N) is 1. The van der Waals surface area contributed by atoms with Gasteiger partial charge in [-0.15, -0.1) is 0 Å². The van der Waals surface area contributed by atoms with Gasteiger partial charge in [0.2, 0.25) is 0 Å². The van der Waals surface area contributed by atoms with Gasteiger partial charge in [-0.3, -0.25) is 10.1 Å². The molecule has 0 aliphatic carbocycles. The van der Waals surface area contributed by atoms with Gasteiger partial charge >= 0.3 is 0 Å². The molecule has 0 fully saturated rings. The highest BCUT2D eigenvalue weighted by molar-refractivity contribution is 5.46. The van der Waals surface area contributed by atoms with Crippen LogP contribution in [0.15, 0.2) is 30.3 Å². The normalized spacial score (nSPS) is 11.6. The molecule has 6 heteroatoms. The third-order valence-corrected chi connectivity index (χ3v) is 2.80. The maximum atomic E-state index is 10.6. The molecule has 2 rings (SSSR count). The number of non-ortho nitro benzene ring substituents is 1. The molecule has 0 aliphatic heterocycles. The van der Waals surface area contributed by atoms with Crippen LogP contribution in [0.3, 0.4) is 0 Å². The van der Waals surface area contributed by atoms with Gasteiger partial charge in [-0.2, -0.15) is 5.10 Å². The van der Waals surface area contributed by atoms with Crippen molar-refractivity contribution in [1.29, 1.82) is 0 Å². The van der Waals surface area contributed by atoms with E-state index in [1.807, 2.05) is 6.07 Å². The predicted octanol–water partition coefficient (Wildman–Crippen LogP) is 2.95. The van der Waals surface area contributed by atoms with E-state index in [4.69, 9.17) is 5.73 Å². The molecule has 1 aromatic carbocycles. The second kappa shape index (κ2) is 4.96. The predicted molar refractivity (Wildman–Crippen MR) is 77.8 cm³/mol. The van der Waals surface area contributed by atoms with Crippen LogP contribution in [0.1, 0.15) is 26.5 Å². The first-order chi connectivity index (χ1) is 9.26. The van der Waals surface area contributed by atoms with Crippen molar-refractivity contribution in [3.05, 3.63) is 46.1 Å². The molecule has 106 valence electrons. The number of hydrogen-bond acceptors (Lipinski definition) is 4. The average Bonchev–Trinajstić information content (AvgIpc) is 2.67. The van der Waals surface area contributed by atoms with E-state index >= 15 is 0 Å². The number of rotatable bonds is 3. The van der Waals surface area contributed by atoms with Crippen molar-refractivity contribution in [3.63, 3.8) is 0 Å². The molecule has 0 atom stereocenters. The van der Waals surface area contributed by atoms with Crippen molar-refractivity contribution in [2.24, 2.45) is 5.41 Å². The first kappa shape index (κ1) is 14.0. The van der Waals surface area contributed by atoms with Crippen molar-refractivity contribution < 1.29 is 4.92 Å². The lowest BCUT2D eigenvalue weighted by atomic mass is 9.91. The van der Waals surface area contributed by atoms with Crippen LogP contribution in [0, 0.1) is 15.5 Å². The topological polar surface area (TPSA) is 87.0 Å². The van der Waals surface area contributed by atoms with E-state index < -0.39 is 4.92 Å². The Morgan fingerprint density at radius 2 is 1.90 bits per heavy atom. The molecule has 6 nitrogen and oxygen atoms in total. The SMILES string of the molecule is CC(C)(C)Cc1cc(N)n(-c2ccc([N+](=O)[O-])cc2)n1. The standard InChI is InChI=1S/C14H18N4O2/c1-14(2,3)9-10-8-13(15)17(16-10)11-4-6-12(7-5-11)18(19)20/h4-8H,9,15H2,1-3H3. The minimum Gasteiger partial charge on any atom is -0.384 e. The Balaban J connectivity index is 2.31. The molecule has 0 unspecified atom stereocenters. The van der Waals surface area contributed by atoms with E-state index in [9.17, 15) is 10.1 Å². The first-order valence-electron chi connectivity index (χ1n) is 6.35. The second-order valence-corrected chi connectivity index (χ2v) is 5.98. The second-order valence-electron chi connectivity index (χ2n) is 5.98. The molecule has 0 radical (unpaired) electrons. The third kappa shape index (κ3) is 3.14. The molecule has 1 heterocycles. The summed E-state index contributed by atoms with van der Waals surface area (Å²) in [5, 5.41) is 15.1. The lowest BCUT2D eigenvalue weighted by Gasteiger charge is -2.15. The Morgan fingerprint density at radius 1 is 1.30 bits per heavy atom. The van der Waals surface area contributed by atoms with Crippen molar-refractivity contribution in [2.45, 2.75) is 27.2 Å². The van der Waals surface area contributed by atoms with Crippen LogP contribution >= 0.6 is 0 Å². The molecule has 0 saturated heterocycles. The molecular weight excluding hydrogens is 256 g/mol. The molecular formula is C14H18N4O2. The van der Waals surface area contributed by atoms with E-state index in [2.05, 4.69) is 25.9 Å². The van der Waals surface area contributed by atoms with Crippen molar-refractivity contribution in [1.82, 2.24) is 9.78 Å². The summed E-state index contributed by atoms with van der Waals surface area (Å²) >= 11 is 0. The Morgan fingerprint density at radius 3 is 2.40 bits per heavy atom. The zero-order valence-electron chi connectivity index (χ0n) is 11.8. The summed E-state index contributed by atoms with van der Waals surface area (Å²) in [5.41, 5.74) is 7.76. The number of benzene rings is 1. The van der Waals surface area contributed by atoms with Gasteiger partial charge in [-0.1, -0.05) is 20.8 Å². The number of nitro benzene ring substituents is 1. The number of nitro groups is 1. The third-order valence-electron chi connectivity index (χ3n) is 2.80. The zero-order valence-corrected chi connectivity index (χ0v) is 11.8. The van der Waals surface area contributed by atoms with Gasteiger partial charge in [0.1, 0.15) is 5.82 Å². The summed E-state index contributed by atoms with van der Waals surface area (Å²) in [5.74, 6) is 0.526. The zero-order chi connectivity index (χ0) is 14.9. The smallest absolute Gasteiger partial charge is 0.269 e. The fraction of sp³-hybridized carbons (Fsp3) is 0.357. The Hall–Kier alpha value is -2.37. The summed E-state index contributed by atoms with van der Waals surface area (Å²) < 4.78 is 1.60. The first-order valence-corrected chi connectivity index (χ1v) is 6.35. The molecule has 0 spiro atoms. The number of hydrogen-bond donors (Lipinski definition) is 1. The lowest BCUT2D eigenvalue weighted by Crippen LogP contribution is -2.10. The largest absolute Gasteiger partial charge is 0.384 e. The molecule has 20 heavy (non-hydrogen) atoms. The van der Waals surface area contributed by atoms with E-state index in [1.165, 1.54) is 12.1 Å². The Labute approximate surface area is 117 Å². The van der Waals surface area contributed by atoms with Crippen molar-refractivity contribution >= 4 is 11.5 Å². The van der Waals surface area contributed by atoms with Crippen molar-refractivity contribution in [3.8, 4) is 5.69 Å². The Kier molecular flexibility index (Phi) is 3.48. The molecule has 0 aliphatic rings. The highest BCUT2D eigenvalue weighted by Gasteiger charge is 2.16. The van der Waals surface area contributed by atoms with Gasteiger partial charge in [0.25, 0.3) is 5.69 Å². The molecule has 2 aromatic rings. The van der Waals surface area contributed by atoms with Gasteiger partial charge in [-0.05, 0) is 24.0 Å². The molecule has 2 N–H and O–H groups in total. The number of nitrogens with zero attached hydrogens (tertiary/aromatic N) is 3. The van der Waals surface area contributed by atoms with Crippen LogP contribution < -0.4 is 5.73 Å². The minimum absolute atomic E-state index is 0.0504. The van der Waals surface area contributed by atoms with E-state index in [-0.39, 0.29) is 11.1 Å². The van der Waals surface area contributed by atoms with E-state index in [0.717, 1.165) is 12.1 Å². The van der Waals surface area contributed by atoms with E-state index in [0.29, 0.717) is 11.5 Å². The van der Waals surface area contributed by atoms with Crippen LogP contribution in [-0.4, -0.2) is 14.7 Å². The van der Waals surface area contributed by atoms with Crippen LogP contribution in [0.5, 0.6) is 0 Å². The van der Waals surface area contributed by atoms with Gasteiger partial charge in [-0.25, -0.2) is 4.68 Å². The van der Waals surface area contributed by atoms with Crippen LogP contribution in [0.2, 0.25) is 0 Å². The molecule has 1 aromatic heterocycles. The average molecular weight is 274 g/mol. The van der Waals surface area contributed by atoms with Gasteiger partial charge in [0.15, 0.2) is 0 Å². The number of anilines is 1. The number of nitrogen functional groups attached to an aromatic ring is 1. The molecule has 0 saturated carbocycles. The summed E-state index contributed by atoms with van der Waals surface area (Å²) in [6.07, 6.45) is 0.817. The van der Waals surface area contributed by atoms with Crippen LogP contribution in [0.25, 0.3) is 5.69 Å². The van der Waals surface area contributed by atoms with Gasteiger partial charge < -0.3 is 5.73 Å². The van der Waals surface area contributed by atoms with E-state index in [1.54, 1.807) is 16.8 Å². The summed E-state index contributed by atoms with van der Waals surface area (Å²) in [4.78, 5) is 10.2. The minimum atomic E-state index is -0.429. The fourth-order valence-corrected chi connectivity index (χ4v) is 2.00. The Bertz CT molecular complexity index is 624. The quantitative estimate of drug-likeness (QED) is 0.688. The fourth-order valence-electron chi connectivity index (χ4n) is 2.00. The summed E-state index contributed by atoms with van der Waals surface area (Å²) in [6.45, 7) is 6.40. The highest BCUT2D eigenvalue weighted by atomic mass is 16.6. The molecule has 0 bridgehead atoms. The lowest BCUT2D eigenvalue weighted by molar-refractivity contribution is -0.384. The summed E-state index contributed by atoms with van der Waals surface area (Å²) in [7, 11) is 0. The molecule has 0 amide bonds. The van der Waals surface area contributed by atoms with Gasteiger partial charge in [0.05, 0.1) is 16.3 Å². The maximum absolute atomic E-state index is 10.6.